The summed E-state index contributed by atoms with van der Waals surface area (Å²) in [5.74, 6) is -0.109. The van der Waals surface area contributed by atoms with Crippen molar-refractivity contribution in [3.63, 3.8) is 0 Å². The highest BCUT2D eigenvalue weighted by Gasteiger charge is 2.25. The van der Waals surface area contributed by atoms with Crippen LogP contribution >= 0.6 is 11.6 Å². The lowest BCUT2D eigenvalue weighted by atomic mass is 9.96. The molecule has 0 saturated heterocycles. The number of halogens is 1. The van der Waals surface area contributed by atoms with Crippen LogP contribution in [0.4, 0.5) is 0 Å². The molecule has 0 aromatic heterocycles. The van der Waals surface area contributed by atoms with Crippen molar-refractivity contribution in [2.45, 2.75) is 25.4 Å². The molecule has 0 saturated carbocycles. The maximum atomic E-state index is 11.5. The SMILES string of the molecule is C=CCCC(=O)NC[C@](C)(O)c1ccccc1Cl. The van der Waals surface area contributed by atoms with E-state index >= 15 is 0 Å². The minimum absolute atomic E-state index is 0.109. The Morgan fingerprint density at radius 1 is 1.56 bits per heavy atom. The zero-order valence-electron chi connectivity index (χ0n) is 10.4. The molecule has 0 spiro atoms. The molecule has 98 valence electrons. The number of hydrogen-bond acceptors (Lipinski definition) is 2. The molecule has 0 aliphatic carbocycles. The van der Waals surface area contributed by atoms with Gasteiger partial charge in [0.05, 0.1) is 6.54 Å². The molecule has 3 nitrogen and oxygen atoms in total. The third kappa shape index (κ3) is 4.17. The fourth-order valence-corrected chi connectivity index (χ4v) is 1.92. The molecule has 2 N–H and O–H groups in total. The zero-order valence-corrected chi connectivity index (χ0v) is 11.2. The minimum atomic E-state index is -1.18. The van der Waals surface area contributed by atoms with Gasteiger partial charge in [-0.1, -0.05) is 35.9 Å². The summed E-state index contributed by atoms with van der Waals surface area (Å²) in [7, 11) is 0. The number of allylic oxidation sites excluding steroid dienone is 1. The van der Waals surface area contributed by atoms with Crippen molar-refractivity contribution in [3.8, 4) is 0 Å². The Balaban J connectivity index is 2.62. The summed E-state index contributed by atoms with van der Waals surface area (Å²) in [6.07, 6.45) is 2.69. The van der Waals surface area contributed by atoms with Crippen molar-refractivity contribution in [2.24, 2.45) is 0 Å². The topological polar surface area (TPSA) is 49.3 Å². The van der Waals surface area contributed by atoms with E-state index in [1.54, 1.807) is 37.3 Å². The highest BCUT2D eigenvalue weighted by molar-refractivity contribution is 6.31. The number of aliphatic hydroxyl groups is 1. The van der Waals surface area contributed by atoms with Crippen LogP contribution in [0.3, 0.4) is 0 Å². The van der Waals surface area contributed by atoms with Gasteiger partial charge in [-0.15, -0.1) is 6.58 Å². The summed E-state index contributed by atoms with van der Waals surface area (Å²) in [6.45, 7) is 5.31. The van der Waals surface area contributed by atoms with E-state index in [4.69, 9.17) is 11.6 Å². The number of rotatable bonds is 6. The first-order valence-corrected chi connectivity index (χ1v) is 6.20. The molecule has 0 aliphatic rings. The molecule has 0 bridgehead atoms. The van der Waals surface area contributed by atoms with E-state index in [-0.39, 0.29) is 12.5 Å². The predicted molar refractivity (Wildman–Crippen MR) is 73.5 cm³/mol. The Hall–Kier alpha value is -1.32. The third-order valence-corrected chi connectivity index (χ3v) is 2.99. The Kier molecular flexibility index (Phi) is 5.38. The van der Waals surface area contributed by atoms with Gasteiger partial charge in [0.2, 0.25) is 5.91 Å². The molecule has 0 heterocycles. The Morgan fingerprint density at radius 3 is 2.83 bits per heavy atom. The largest absolute Gasteiger partial charge is 0.384 e. The van der Waals surface area contributed by atoms with E-state index in [9.17, 15) is 9.90 Å². The van der Waals surface area contributed by atoms with E-state index < -0.39 is 5.60 Å². The smallest absolute Gasteiger partial charge is 0.220 e. The van der Waals surface area contributed by atoms with Gasteiger partial charge in [-0.05, 0) is 19.4 Å². The Bertz CT molecular complexity index is 430. The van der Waals surface area contributed by atoms with Crippen LogP contribution in [-0.2, 0) is 10.4 Å². The van der Waals surface area contributed by atoms with Crippen LogP contribution in [0.5, 0.6) is 0 Å². The van der Waals surface area contributed by atoms with Crippen LogP contribution in [0.2, 0.25) is 5.02 Å². The number of benzene rings is 1. The molecule has 0 unspecified atom stereocenters. The fourth-order valence-electron chi connectivity index (χ4n) is 1.59. The van der Waals surface area contributed by atoms with E-state index in [0.29, 0.717) is 23.4 Å². The molecule has 0 radical (unpaired) electrons. The second-order valence-electron chi connectivity index (χ2n) is 4.36. The first kappa shape index (κ1) is 14.7. The van der Waals surface area contributed by atoms with Crippen LogP contribution in [0, 0.1) is 0 Å². The van der Waals surface area contributed by atoms with E-state index in [1.165, 1.54) is 0 Å². The summed E-state index contributed by atoms with van der Waals surface area (Å²) >= 11 is 6.02. The quantitative estimate of drug-likeness (QED) is 0.779. The average molecular weight is 268 g/mol. The lowest BCUT2D eigenvalue weighted by Crippen LogP contribution is -2.38. The molecule has 1 aromatic rings. The molecular weight excluding hydrogens is 250 g/mol. The number of carbonyl (C=O) groups excluding carboxylic acids is 1. The van der Waals surface area contributed by atoms with E-state index in [2.05, 4.69) is 11.9 Å². The molecule has 1 amide bonds. The second kappa shape index (κ2) is 6.57. The normalized spacial score (nSPS) is 13.7. The van der Waals surface area contributed by atoms with Crippen LogP contribution in [0.1, 0.15) is 25.3 Å². The van der Waals surface area contributed by atoms with E-state index in [0.717, 1.165) is 0 Å². The van der Waals surface area contributed by atoms with Crippen LogP contribution in [0.15, 0.2) is 36.9 Å². The van der Waals surface area contributed by atoms with Gasteiger partial charge in [-0.3, -0.25) is 4.79 Å². The fraction of sp³-hybridized carbons (Fsp3) is 0.357. The first-order chi connectivity index (χ1) is 8.47. The van der Waals surface area contributed by atoms with Gasteiger partial charge in [0, 0.05) is 17.0 Å². The molecular formula is C14H18ClNO2. The van der Waals surface area contributed by atoms with Crippen molar-refractivity contribution < 1.29 is 9.90 Å². The average Bonchev–Trinajstić information content (AvgIpc) is 2.34. The van der Waals surface area contributed by atoms with Crippen molar-refractivity contribution >= 4 is 17.5 Å². The lowest BCUT2D eigenvalue weighted by Gasteiger charge is -2.25. The molecule has 1 aromatic carbocycles. The summed E-state index contributed by atoms with van der Waals surface area (Å²) in [5.41, 5.74) is -0.571. The van der Waals surface area contributed by atoms with Gasteiger partial charge in [-0.2, -0.15) is 0 Å². The second-order valence-corrected chi connectivity index (χ2v) is 4.76. The molecule has 18 heavy (non-hydrogen) atoms. The number of carbonyl (C=O) groups is 1. The first-order valence-electron chi connectivity index (χ1n) is 5.82. The zero-order chi connectivity index (χ0) is 13.6. The van der Waals surface area contributed by atoms with Crippen molar-refractivity contribution in [1.29, 1.82) is 0 Å². The van der Waals surface area contributed by atoms with Crippen LogP contribution in [0.25, 0.3) is 0 Å². The maximum Gasteiger partial charge on any atom is 0.220 e. The Labute approximate surface area is 112 Å². The number of hydrogen-bond donors (Lipinski definition) is 2. The number of nitrogens with one attached hydrogen (secondary N) is 1. The van der Waals surface area contributed by atoms with Gasteiger partial charge in [0.25, 0.3) is 0 Å². The number of amides is 1. The van der Waals surface area contributed by atoms with E-state index in [1.807, 2.05) is 0 Å². The highest BCUT2D eigenvalue weighted by Crippen LogP contribution is 2.27. The lowest BCUT2D eigenvalue weighted by molar-refractivity contribution is -0.122. The van der Waals surface area contributed by atoms with Gasteiger partial charge in [0.1, 0.15) is 5.60 Å². The molecule has 1 atom stereocenters. The summed E-state index contributed by atoms with van der Waals surface area (Å²) in [5, 5.41) is 13.5. The molecule has 0 aliphatic heterocycles. The summed E-state index contributed by atoms with van der Waals surface area (Å²) in [6, 6.07) is 7.06. The van der Waals surface area contributed by atoms with Gasteiger partial charge in [-0.25, -0.2) is 0 Å². The third-order valence-electron chi connectivity index (χ3n) is 2.66. The van der Waals surface area contributed by atoms with Gasteiger partial charge < -0.3 is 10.4 Å². The van der Waals surface area contributed by atoms with Crippen LogP contribution in [-0.4, -0.2) is 17.6 Å². The van der Waals surface area contributed by atoms with Crippen molar-refractivity contribution in [1.82, 2.24) is 5.32 Å². The minimum Gasteiger partial charge on any atom is -0.384 e. The van der Waals surface area contributed by atoms with Gasteiger partial charge >= 0.3 is 0 Å². The van der Waals surface area contributed by atoms with Crippen molar-refractivity contribution in [2.75, 3.05) is 6.54 Å². The monoisotopic (exact) mass is 267 g/mol. The summed E-state index contributed by atoms with van der Waals surface area (Å²) < 4.78 is 0. The Morgan fingerprint density at radius 2 is 2.22 bits per heavy atom. The summed E-state index contributed by atoms with van der Waals surface area (Å²) in [4.78, 5) is 11.5. The predicted octanol–water partition coefficient (Wildman–Crippen LogP) is 2.63. The maximum absolute atomic E-state index is 11.5. The van der Waals surface area contributed by atoms with Crippen LogP contribution < -0.4 is 5.32 Å². The molecule has 4 heteroatoms. The molecule has 1 rings (SSSR count). The standard InChI is InChI=1S/C14H18ClNO2/c1-3-4-9-13(17)16-10-14(2,18)11-7-5-6-8-12(11)15/h3,5-8,18H,1,4,9-10H2,2H3,(H,16,17)/t14-/m0/s1. The molecule has 0 fully saturated rings. The highest BCUT2D eigenvalue weighted by atomic mass is 35.5. The van der Waals surface area contributed by atoms with Crippen molar-refractivity contribution in [3.05, 3.63) is 47.5 Å². The van der Waals surface area contributed by atoms with Gasteiger partial charge in [0.15, 0.2) is 0 Å².